The molecule has 208 valence electrons. The highest BCUT2D eigenvalue weighted by atomic mass is 32.1. The van der Waals surface area contributed by atoms with E-state index in [0.717, 1.165) is 28.9 Å². The van der Waals surface area contributed by atoms with Crippen molar-refractivity contribution in [3.63, 3.8) is 0 Å². The van der Waals surface area contributed by atoms with Crippen LogP contribution in [0.2, 0.25) is 0 Å². The number of hydrogen-bond acceptors (Lipinski definition) is 7. The van der Waals surface area contributed by atoms with E-state index in [4.69, 9.17) is 9.47 Å². The second-order valence-corrected chi connectivity index (χ2v) is 10.0. The fourth-order valence-electron chi connectivity index (χ4n) is 5.15. The maximum atomic E-state index is 13.7. The van der Waals surface area contributed by atoms with Gasteiger partial charge in [0.2, 0.25) is 0 Å². The fraction of sp³-hybridized carbons (Fsp3) is 0.273. The zero-order chi connectivity index (χ0) is 28.6. The molecular formula is C33H35NO5S. The van der Waals surface area contributed by atoms with Crippen LogP contribution >= 0.6 is 12.6 Å². The Morgan fingerprint density at radius 2 is 1.70 bits per heavy atom. The van der Waals surface area contributed by atoms with E-state index in [1.54, 1.807) is 25.3 Å². The van der Waals surface area contributed by atoms with Gasteiger partial charge < -0.3 is 19.9 Å². The number of allylic oxidation sites excluding steroid dienone is 3. The summed E-state index contributed by atoms with van der Waals surface area (Å²) in [5.41, 5.74) is 5.78. The number of benzene rings is 3. The van der Waals surface area contributed by atoms with Crippen molar-refractivity contribution in [3.05, 3.63) is 118 Å². The molecule has 1 heterocycles. The molecule has 4 rings (SSSR count). The predicted octanol–water partition coefficient (Wildman–Crippen LogP) is 6.05. The quantitative estimate of drug-likeness (QED) is 0.197. The van der Waals surface area contributed by atoms with Gasteiger partial charge in [0.25, 0.3) is 0 Å². The Morgan fingerprint density at radius 3 is 2.42 bits per heavy atom. The molecule has 0 aromatic heterocycles. The van der Waals surface area contributed by atoms with E-state index in [2.05, 4.69) is 24.9 Å². The van der Waals surface area contributed by atoms with Crippen molar-refractivity contribution in [2.45, 2.75) is 45.6 Å². The number of hydrogen-bond donors (Lipinski definition) is 3. The van der Waals surface area contributed by atoms with E-state index in [9.17, 15) is 14.7 Å². The van der Waals surface area contributed by atoms with Crippen LogP contribution in [0.5, 0.6) is 11.5 Å². The first kappa shape index (κ1) is 29.0. The number of aromatic hydroxyl groups is 1. The zero-order valence-electron chi connectivity index (χ0n) is 23.1. The number of para-hydroxylation sites is 1. The summed E-state index contributed by atoms with van der Waals surface area (Å²) in [6, 6.07) is 22.4. The smallest absolute Gasteiger partial charge is 0.337 e. The second-order valence-electron chi connectivity index (χ2n) is 9.73. The summed E-state index contributed by atoms with van der Waals surface area (Å²) in [7, 11) is 1.63. The molecule has 3 aromatic rings. The number of esters is 1. The van der Waals surface area contributed by atoms with Gasteiger partial charge in [-0.3, -0.25) is 4.79 Å². The molecule has 0 radical (unpaired) electrons. The number of ketones is 1. The van der Waals surface area contributed by atoms with Gasteiger partial charge in [-0.05, 0) is 66.6 Å². The average molecular weight is 558 g/mol. The maximum Gasteiger partial charge on any atom is 0.337 e. The van der Waals surface area contributed by atoms with Crippen molar-refractivity contribution in [1.82, 2.24) is 5.32 Å². The van der Waals surface area contributed by atoms with Gasteiger partial charge in [0.1, 0.15) is 18.1 Å². The molecule has 0 saturated carbocycles. The average Bonchev–Trinajstić information content (AvgIpc) is 2.98. The second kappa shape index (κ2) is 13.4. The molecule has 0 fully saturated rings. The number of phenolic OH excluding ortho intramolecular Hbond substituents is 1. The first-order valence-electron chi connectivity index (χ1n) is 13.4. The number of aryl methyl sites for hydroxylation is 2. The third kappa shape index (κ3) is 6.59. The molecule has 0 unspecified atom stereocenters. The van der Waals surface area contributed by atoms with E-state index >= 15 is 0 Å². The Labute approximate surface area is 241 Å². The minimum Gasteiger partial charge on any atom is -0.508 e. The van der Waals surface area contributed by atoms with Crippen LogP contribution < -0.4 is 10.1 Å². The number of carbonyl (C=O) groups is 2. The largest absolute Gasteiger partial charge is 0.508 e. The summed E-state index contributed by atoms with van der Waals surface area (Å²) < 4.78 is 11.3. The molecule has 1 aliphatic heterocycles. The van der Waals surface area contributed by atoms with E-state index in [1.165, 1.54) is 0 Å². The zero-order valence-corrected chi connectivity index (χ0v) is 24.0. The van der Waals surface area contributed by atoms with Gasteiger partial charge in [0.05, 0.1) is 18.4 Å². The van der Waals surface area contributed by atoms with Crippen LogP contribution in [-0.2, 0) is 33.8 Å². The monoisotopic (exact) mass is 557 g/mol. The van der Waals surface area contributed by atoms with Gasteiger partial charge in [-0.2, -0.15) is 12.6 Å². The number of methoxy groups -OCH3 is 1. The minimum atomic E-state index is -0.727. The van der Waals surface area contributed by atoms with Crippen molar-refractivity contribution in [2.24, 2.45) is 0 Å². The molecule has 0 spiro atoms. The highest BCUT2D eigenvalue weighted by Crippen LogP contribution is 2.41. The van der Waals surface area contributed by atoms with Gasteiger partial charge in [-0.15, -0.1) is 0 Å². The molecule has 7 heteroatoms. The van der Waals surface area contributed by atoms with Crippen LogP contribution in [-0.4, -0.2) is 29.7 Å². The Morgan fingerprint density at radius 1 is 0.950 bits per heavy atom. The molecule has 2 N–H and O–H groups in total. The first-order valence-corrected chi connectivity index (χ1v) is 14.0. The fourth-order valence-corrected chi connectivity index (χ4v) is 5.32. The molecular weight excluding hydrogens is 522 g/mol. The number of nitrogens with one attached hydrogen (secondary N) is 1. The molecule has 40 heavy (non-hydrogen) atoms. The van der Waals surface area contributed by atoms with Gasteiger partial charge in [0, 0.05) is 22.9 Å². The standard InChI is InChI=1S/C33H35NO5S/c1-4-22-9-7-10-23(17-22)19-39-33(37)30-21(2)34-27(16-15-24-11-5-6-14-29(24)38-3)32(28(36)20-40)31(30)25-12-8-13-26(35)18-25/h5-14,17-18,31,34-35,40H,4,15-16,19-20H2,1-3H3/t31-/m1/s1. The lowest BCUT2D eigenvalue weighted by Crippen LogP contribution is -2.33. The van der Waals surface area contributed by atoms with Crippen LogP contribution in [0.4, 0.5) is 0 Å². The maximum absolute atomic E-state index is 13.7. The molecule has 0 saturated heterocycles. The third-order valence-corrected chi connectivity index (χ3v) is 7.41. The summed E-state index contributed by atoms with van der Waals surface area (Å²) in [5, 5.41) is 13.7. The van der Waals surface area contributed by atoms with Crippen molar-refractivity contribution in [3.8, 4) is 11.5 Å². The van der Waals surface area contributed by atoms with Gasteiger partial charge in [0.15, 0.2) is 5.78 Å². The molecule has 1 atom stereocenters. The summed E-state index contributed by atoms with van der Waals surface area (Å²) in [5.74, 6) is -0.660. The Bertz CT molecular complexity index is 1460. The molecule has 3 aromatic carbocycles. The Hall–Kier alpha value is -3.97. The number of dihydropyridines is 1. The summed E-state index contributed by atoms with van der Waals surface area (Å²) in [6.45, 7) is 4.00. The SMILES string of the molecule is CCc1cccc(COC(=O)C2=C(C)NC(CCc3ccccc3OC)=C(C(=O)CS)[C@@H]2c2cccc(O)c2)c1. The minimum absolute atomic E-state index is 0.0321. The number of rotatable bonds is 11. The van der Waals surface area contributed by atoms with E-state index in [1.807, 2.05) is 61.5 Å². The van der Waals surface area contributed by atoms with E-state index in [0.29, 0.717) is 40.9 Å². The van der Waals surface area contributed by atoms with Crippen LogP contribution in [0.15, 0.2) is 95.3 Å². The number of ether oxygens (including phenoxy) is 2. The molecule has 6 nitrogen and oxygen atoms in total. The number of thiol groups is 1. The molecule has 0 aliphatic carbocycles. The normalized spacial score (nSPS) is 15.1. The van der Waals surface area contributed by atoms with Crippen molar-refractivity contribution < 1.29 is 24.2 Å². The first-order chi connectivity index (χ1) is 19.4. The number of phenols is 1. The van der Waals surface area contributed by atoms with Gasteiger partial charge in [-0.1, -0.05) is 61.5 Å². The lowest BCUT2D eigenvalue weighted by molar-refractivity contribution is -0.140. The third-order valence-electron chi connectivity index (χ3n) is 7.12. The van der Waals surface area contributed by atoms with Crippen LogP contribution in [0.25, 0.3) is 0 Å². The summed E-state index contributed by atoms with van der Waals surface area (Å²) >= 11 is 4.31. The summed E-state index contributed by atoms with van der Waals surface area (Å²) in [4.78, 5) is 27.1. The van der Waals surface area contributed by atoms with E-state index < -0.39 is 11.9 Å². The Balaban J connectivity index is 1.73. The van der Waals surface area contributed by atoms with Crippen LogP contribution in [0.3, 0.4) is 0 Å². The molecule has 0 amide bonds. The lowest BCUT2D eigenvalue weighted by atomic mass is 9.78. The number of Topliss-reactive ketones (excluding diaryl/α,β-unsaturated/α-hetero) is 1. The summed E-state index contributed by atoms with van der Waals surface area (Å²) in [6.07, 6.45) is 2.00. The highest BCUT2D eigenvalue weighted by Gasteiger charge is 2.37. The predicted molar refractivity (Wildman–Crippen MR) is 160 cm³/mol. The van der Waals surface area contributed by atoms with Crippen LogP contribution in [0.1, 0.15) is 48.4 Å². The van der Waals surface area contributed by atoms with Crippen molar-refractivity contribution in [1.29, 1.82) is 0 Å². The molecule has 1 aliphatic rings. The Kier molecular flexibility index (Phi) is 9.72. The van der Waals surface area contributed by atoms with Crippen molar-refractivity contribution in [2.75, 3.05) is 12.9 Å². The van der Waals surface area contributed by atoms with Gasteiger partial charge >= 0.3 is 5.97 Å². The lowest BCUT2D eigenvalue weighted by Gasteiger charge is -2.32. The van der Waals surface area contributed by atoms with Crippen LogP contribution in [0, 0.1) is 0 Å². The molecule has 0 bridgehead atoms. The van der Waals surface area contributed by atoms with Crippen molar-refractivity contribution >= 4 is 24.4 Å². The highest BCUT2D eigenvalue weighted by molar-refractivity contribution is 7.81. The topological polar surface area (TPSA) is 84.9 Å². The van der Waals surface area contributed by atoms with Gasteiger partial charge in [-0.25, -0.2) is 4.79 Å². The number of carbonyl (C=O) groups excluding carboxylic acids is 2. The van der Waals surface area contributed by atoms with E-state index in [-0.39, 0.29) is 23.9 Å².